The number of piperidine rings is 1. The third kappa shape index (κ3) is 4.46. The highest BCUT2D eigenvalue weighted by Crippen LogP contribution is 2.18. The molecule has 6 nitrogen and oxygen atoms in total. The number of rotatable bonds is 7. The van der Waals surface area contributed by atoms with Gasteiger partial charge in [-0.1, -0.05) is 6.42 Å². The number of hydrogen-bond donors (Lipinski definition) is 2. The van der Waals surface area contributed by atoms with Gasteiger partial charge in [-0.25, -0.2) is 0 Å². The summed E-state index contributed by atoms with van der Waals surface area (Å²) in [5.41, 5.74) is 5.62. The summed E-state index contributed by atoms with van der Waals surface area (Å²) in [6.45, 7) is 2.07. The third-order valence-corrected chi connectivity index (χ3v) is 3.90. The number of nitrogens with two attached hydrogens (primary N) is 1. The number of hydrogen-bond acceptors (Lipinski definition) is 4. The monoisotopic (exact) mass is 306 g/mol. The van der Waals surface area contributed by atoms with Gasteiger partial charge in [0.15, 0.2) is 0 Å². The molecule has 0 radical (unpaired) electrons. The Morgan fingerprint density at radius 3 is 2.64 bits per heavy atom. The first kappa shape index (κ1) is 16.3. The fourth-order valence-electron chi connectivity index (χ4n) is 2.71. The Morgan fingerprint density at radius 1 is 1.27 bits per heavy atom. The molecule has 120 valence electrons. The molecule has 1 saturated heterocycles. The summed E-state index contributed by atoms with van der Waals surface area (Å²) >= 11 is 0. The molecular formula is C16H22N2O4. The van der Waals surface area contributed by atoms with Crippen LogP contribution >= 0.6 is 0 Å². The van der Waals surface area contributed by atoms with Crippen molar-refractivity contribution in [3.05, 3.63) is 29.8 Å². The summed E-state index contributed by atoms with van der Waals surface area (Å²) in [5, 5.41) is 9.20. The van der Waals surface area contributed by atoms with Gasteiger partial charge in [0.2, 0.25) is 5.91 Å². The van der Waals surface area contributed by atoms with Gasteiger partial charge in [0.25, 0.3) is 0 Å². The summed E-state index contributed by atoms with van der Waals surface area (Å²) in [4.78, 5) is 24.2. The Labute approximate surface area is 129 Å². The molecule has 0 unspecified atom stereocenters. The van der Waals surface area contributed by atoms with Crippen molar-refractivity contribution >= 4 is 11.9 Å². The van der Waals surface area contributed by atoms with Crippen molar-refractivity contribution in [1.29, 1.82) is 0 Å². The molecule has 1 aromatic carbocycles. The summed E-state index contributed by atoms with van der Waals surface area (Å²) in [7, 11) is 0. The summed E-state index contributed by atoms with van der Waals surface area (Å²) < 4.78 is 5.60. The van der Waals surface area contributed by atoms with Crippen LogP contribution in [0.4, 0.5) is 0 Å². The lowest BCUT2D eigenvalue weighted by Crippen LogP contribution is -2.45. The molecule has 1 aliphatic heterocycles. The second-order valence-electron chi connectivity index (χ2n) is 5.48. The molecular weight excluding hydrogens is 284 g/mol. The van der Waals surface area contributed by atoms with Crippen molar-refractivity contribution in [2.75, 3.05) is 19.7 Å². The number of amides is 1. The maximum Gasteiger partial charge on any atom is 0.320 e. The number of carboxylic acid groups (broad SMARTS) is 1. The third-order valence-electron chi connectivity index (χ3n) is 3.90. The Hall–Kier alpha value is -2.08. The summed E-state index contributed by atoms with van der Waals surface area (Å²) in [6.07, 6.45) is 3.53. The van der Waals surface area contributed by atoms with E-state index in [0.29, 0.717) is 17.9 Å². The van der Waals surface area contributed by atoms with E-state index in [1.165, 1.54) is 0 Å². The molecule has 1 aromatic rings. The number of aliphatic carboxylic acids is 1. The first-order valence-corrected chi connectivity index (χ1v) is 7.57. The number of ether oxygens (including phenoxy) is 1. The zero-order chi connectivity index (χ0) is 15.9. The van der Waals surface area contributed by atoms with Crippen molar-refractivity contribution in [2.45, 2.75) is 31.7 Å². The molecule has 1 heterocycles. The molecule has 1 aliphatic rings. The Kier molecular flexibility index (Phi) is 5.77. The normalized spacial score (nSPS) is 18.8. The van der Waals surface area contributed by atoms with Gasteiger partial charge in [0, 0.05) is 12.1 Å². The number of carbonyl (C=O) groups is 2. The van der Waals surface area contributed by atoms with E-state index in [-0.39, 0.29) is 6.04 Å². The SMILES string of the molecule is NC(=O)c1ccc(OCCCN2CCCC[C@@H]2C(=O)O)cc1. The van der Waals surface area contributed by atoms with E-state index in [2.05, 4.69) is 0 Å². The molecule has 3 N–H and O–H groups in total. The minimum Gasteiger partial charge on any atom is -0.494 e. The van der Waals surface area contributed by atoms with Gasteiger partial charge in [-0.15, -0.1) is 0 Å². The van der Waals surface area contributed by atoms with Gasteiger partial charge in [0.05, 0.1) is 6.61 Å². The number of carbonyl (C=O) groups excluding carboxylic acids is 1. The maximum atomic E-state index is 11.2. The first-order chi connectivity index (χ1) is 10.6. The van der Waals surface area contributed by atoms with Crippen LogP contribution in [0.25, 0.3) is 0 Å². The van der Waals surface area contributed by atoms with Crippen molar-refractivity contribution in [3.63, 3.8) is 0 Å². The van der Waals surface area contributed by atoms with Gasteiger partial charge in [0.1, 0.15) is 11.8 Å². The molecule has 6 heteroatoms. The predicted octanol–water partition coefficient (Wildman–Crippen LogP) is 1.49. The largest absolute Gasteiger partial charge is 0.494 e. The van der Waals surface area contributed by atoms with Gasteiger partial charge >= 0.3 is 5.97 Å². The van der Waals surface area contributed by atoms with Crippen LogP contribution in [0.3, 0.4) is 0 Å². The van der Waals surface area contributed by atoms with Crippen LogP contribution in [-0.2, 0) is 4.79 Å². The lowest BCUT2D eigenvalue weighted by atomic mass is 10.0. The number of benzene rings is 1. The Bertz CT molecular complexity index is 515. The topological polar surface area (TPSA) is 92.9 Å². The van der Waals surface area contributed by atoms with Crippen molar-refractivity contribution in [3.8, 4) is 5.75 Å². The second kappa shape index (κ2) is 7.79. The molecule has 0 aromatic heterocycles. The zero-order valence-corrected chi connectivity index (χ0v) is 12.5. The Morgan fingerprint density at radius 2 is 2.00 bits per heavy atom. The van der Waals surface area contributed by atoms with Crippen LogP contribution in [0.2, 0.25) is 0 Å². The zero-order valence-electron chi connectivity index (χ0n) is 12.5. The minimum absolute atomic E-state index is 0.358. The molecule has 1 fully saturated rings. The van der Waals surface area contributed by atoms with Gasteiger partial charge in [-0.05, 0) is 50.1 Å². The number of primary amides is 1. The molecule has 0 spiro atoms. The van der Waals surface area contributed by atoms with Gasteiger partial charge < -0.3 is 15.6 Å². The summed E-state index contributed by atoms with van der Waals surface area (Å²) in [5.74, 6) is -0.516. The van der Waals surface area contributed by atoms with Crippen LogP contribution in [0.1, 0.15) is 36.0 Å². The molecule has 1 atom stereocenters. The van der Waals surface area contributed by atoms with Crippen LogP contribution in [0.5, 0.6) is 5.75 Å². The lowest BCUT2D eigenvalue weighted by Gasteiger charge is -2.32. The van der Waals surface area contributed by atoms with Crippen molar-refractivity contribution in [1.82, 2.24) is 4.90 Å². The second-order valence-corrected chi connectivity index (χ2v) is 5.48. The van der Waals surface area contributed by atoms with E-state index in [0.717, 1.165) is 38.8 Å². The molecule has 0 saturated carbocycles. The fourth-order valence-corrected chi connectivity index (χ4v) is 2.71. The predicted molar refractivity (Wildman–Crippen MR) is 81.9 cm³/mol. The van der Waals surface area contributed by atoms with E-state index in [1.807, 2.05) is 4.90 Å². The molecule has 1 amide bonds. The highest BCUT2D eigenvalue weighted by molar-refractivity contribution is 5.92. The molecule has 22 heavy (non-hydrogen) atoms. The van der Waals surface area contributed by atoms with Crippen LogP contribution < -0.4 is 10.5 Å². The molecule has 2 rings (SSSR count). The number of carboxylic acids is 1. The quantitative estimate of drug-likeness (QED) is 0.745. The molecule has 0 bridgehead atoms. The van der Waals surface area contributed by atoms with Crippen molar-refractivity contribution < 1.29 is 19.4 Å². The van der Waals surface area contributed by atoms with Crippen LogP contribution in [0.15, 0.2) is 24.3 Å². The van der Waals surface area contributed by atoms with E-state index in [9.17, 15) is 14.7 Å². The van der Waals surface area contributed by atoms with Crippen molar-refractivity contribution in [2.24, 2.45) is 5.73 Å². The van der Waals surface area contributed by atoms with Gasteiger partial charge in [-0.3, -0.25) is 14.5 Å². The van der Waals surface area contributed by atoms with E-state index in [4.69, 9.17) is 10.5 Å². The van der Waals surface area contributed by atoms with Gasteiger partial charge in [-0.2, -0.15) is 0 Å². The fraction of sp³-hybridized carbons (Fsp3) is 0.500. The number of likely N-dealkylation sites (tertiary alicyclic amines) is 1. The number of nitrogens with zero attached hydrogens (tertiary/aromatic N) is 1. The maximum absolute atomic E-state index is 11.2. The average molecular weight is 306 g/mol. The van der Waals surface area contributed by atoms with Crippen LogP contribution in [0, 0.1) is 0 Å². The van der Waals surface area contributed by atoms with E-state index < -0.39 is 11.9 Å². The summed E-state index contributed by atoms with van der Waals surface area (Å²) in [6, 6.07) is 6.32. The van der Waals surface area contributed by atoms with E-state index >= 15 is 0 Å². The smallest absolute Gasteiger partial charge is 0.320 e. The average Bonchev–Trinajstić information content (AvgIpc) is 2.52. The molecule has 0 aliphatic carbocycles. The first-order valence-electron chi connectivity index (χ1n) is 7.57. The van der Waals surface area contributed by atoms with E-state index in [1.54, 1.807) is 24.3 Å². The highest BCUT2D eigenvalue weighted by Gasteiger charge is 2.27. The lowest BCUT2D eigenvalue weighted by molar-refractivity contribution is -0.144. The van der Waals surface area contributed by atoms with Crippen LogP contribution in [-0.4, -0.2) is 47.6 Å². The highest BCUT2D eigenvalue weighted by atomic mass is 16.5. The standard InChI is InChI=1S/C16H22N2O4/c17-15(19)12-5-7-13(8-6-12)22-11-3-10-18-9-2-1-4-14(18)16(20)21/h5-8,14H,1-4,9-11H2,(H2,17,19)(H,20,21)/t14-/m1/s1. The minimum atomic E-state index is -0.734. The Balaban J connectivity index is 1.74.